The van der Waals surface area contributed by atoms with Gasteiger partial charge < -0.3 is 0 Å². The highest BCUT2D eigenvalue weighted by Crippen LogP contribution is 2.38. The fourth-order valence-corrected chi connectivity index (χ4v) is 3.02. The second-order valence-corrected chi connectivity index (χ2v) is 4.71. The quantitative estimate of drug-likeness (QED) is 0.540. The maximum Gasteiger partial charge on any atom is -0.0340 e. The van der Waals surface area contributed by atoms with Crippen molar-refractivity contribution in [1.29, 1.82) is 0 Å². The van der Waals surface area contributed by atoms with Crippen molar-refractivity contribution >= 4 is 0 Å². The van der Waals surface area contributed by atoms with E-state index in [0.717, 1.165) is 23.7 Å². The Bertz CT molecular complexity index is 105. The summed E-state index contributed by atoms with van der Waals surface area (Å²) in [5.74, 6) is 3.82. The molecule has 0 spiro atoms. The van der Waals surface area contributed by atoms with Crippen LogP contribution in [0.4, 0.5) is 0 Å². The monoisotopic (exact) mass is 154 g/mol. The topological polar surface area (TPSA) is 0 Å². The first-order valence-electron chi connectivity index (χ1n) is 5.13. The molecule has 1 aliphatic carbocycles. The van der Waals surface area contributed by atoms with Crippen molar-refractivity contribution in [3.05, 3.63) is 0 Å². The molecule has 1 unspecified atom stereocenters. The predicted molar refractivity (Wildman–Crippen MR) is 50.5 cm³/mol. The minimum Gasteiger partial charge on any atom is -0.0625 e. The fourth-order valence-electron chi connectivity index (χ4n) is 3.02. The zero-order valence-corrected chi connectivity index (χ0v) is 8.43. The lowest BCUT2D eigenvalue weighted by atomic mass is 9.69. The van der Waals surface area contributed by atoms with Gasteiger partial charge in [0.05, 0.1) is 0 Å². The van der Waals surface area contributed by atoms with Gasteiger partial charge in [0.15, 0.2) is 0 Å². The Balaban J connectivity index is 2.55. The number of hydrogen-bond donors (Lipinski definition) is 0. The third-order valence-electron chi connectivity index (χ3n) is 3.40. The average molecular weight is 154 g/mol. The summed E-state index contributed by atoms with van der Waals surface area (Å²) in [5.41, 5.74) is 0. The van der Waals surface area contributed by atoms with Crippen LogP contribution >= 0.6 is 0 Å². The summed E-state index contributed by atoms with van der Waals surface area (Å²) in [6.07, 6.45) is 4.39. The van der Waals surface area contributed by atoms with Crippen molar-refractivity contribution < 1.29 is 0 Å². The molecule has 1 fully saturated rings. The fraction of sp³-hybridized carbons (Fsp3) is 1.00. The average Bonchev–Trinajstić information content (AvgIpc) is 1.85. The third kappa shape index (κ3) is 1.98. The van der Waals surface area contributed by atoms with Crippen molar-refractivity contribution in [2.45, 2.75) is 47.0 Å². The molecular weight excluding hydrogens is 132 g/mol. The van der Waals surface area contributed by atoms with E-state index < -0.39 is 0 Å². The summed E-state index contributed by atoms with van der Waals surface area (Å²) in [4.78, 5) is 0. The van der Waals surface area contributed by atoms with Crippen LogP contribution in [0.1, 0.15) is 47.0 Å². The molecule has 11 heavy (non-hydrogen) atoms. The SMILES string of the molecule is CC(C)C1[C@H](C)CCC[C@@H]1C. The molecule has 1 rings (SSSR count). The van der Waals surface area contributed by atoms with Crippen LogP contribution in [0.5, 0.6) is 0 Å². The molecular formula is C11H22. The molecule has 1 aliphatic rings. The lowest BCUT2D eigenvalue weighted by Gasteiger charge is -2.37. The number of hydrogen-bond acceptors (Lipinski definition) is 0. The summed E-state index contributed by atoms with van der Waals surface area (Å²) in [5, 5.41) is 0. The lowest BCUT2D eigenvalue weighted by Crippen LogP contribution is -2.28. The van der Waals surface area contributed by atoms with Crippen molar-refractivity contribution in [3.8, 4) is 0 Å². The smallest absolute Gasteiger partial charge is 0.0340 e. The van der Waals surface area contributed by atoms with Crippen LogP contribution in [0.25, 0.3) is 0 Å². The molecule has 0 nitrogen and oxygen atoms in total. The zero-order valence-electron chi connectivity index (χ0n) is 8.43. The maximum atomic E-state index is 2.43. The molecule has 0 saturated heterocycles. The van der Waals surface area contributed by atoms with Crippen LogP contribution in [0.2, 0.25) is 0 Å². The van der Waals surface area contributed by atoms with Gasteiger partial charge in [-0.05, 0) is 23.7 Å². The van der Waals surface area contributed by atoms with Gasteiger partial charge >= 0.3 is 0 Å². The number of rotatable bonds is 1. The lowest BCUT2D eigenvalue weighted by molar-refractivity contribution is 0.129. The minimum absolute atomic E-state index is 0.889. The van der Waals surface area contributed by atoms with Gasteiger partial charge in [0, 0.05) is 0 Å². The summed E-state index contributed by atoms with van der Waals surface area (Å²) in [6, 6.07) is 0. The molecule has 0 aliphatic heterocycles. The molecule has 0 heterocycles. The van der Waals surface area contributed by atoms with Gasteiger partial charge in [0.1, 0.15) is 0 Å². The van der Waals surface area contributed by atoms with E-state index in [0.29, 0.717) is 0 Å². The van der Waals surface area contributed by atoms with E-state index in [1.165, 1.54) is 19.3 Å². The van der Waals surface area contributed by atoms with Gasteiger partial charge in [-0.25, -0.2) is 0 Å². The van der Waals surface area contributed by atoms with E-state index >= 15 is 0 Å². The van der Waals surface area contributed by atoms with Crippen LogP contribution in [0, 0.1) is 23.7 Å². The molecule has 0 radical (unpaired) electrons. The van der Waals surface area contributed by atoms with Gasteiger partial charge in [-0.3, -0.25) is 0 Å². The molecule has 0 heteroatoms. The molecule has 0 aromatic carbocycles. The zero-order chi connectivity index (χ0) is 8.43. The van der Waals surface area contributed by atoms with Gasteiger partial charge in [-0.1, -0.05) is 47.0 Å². The van der Waals surface area contributed by atoms with E-state index in [1.807, 2.05) is 0 Å². The van der Waals surface area contributed by atoms with E-state index in [9.17, 15) is 0 Å². The van der Waals surface area contributed by atoms with Crippen molar-refractivity contribution in [2.24, 2.45) is 23.7 Å². The Hall–Kier alpha value is 0. The Morgan fingerprint density at radius 3 is 1.73 bits per heavy atom. The minimum atomic E-state index is 0.889. The molecule has 3 atom stereocenters. The van der Waals surface area contributed by atoms with Crippen LogP contribution < -0.4 is 0 Å². The predicted octanol–water partition coefficient (Wildman–Crippen LogP) is 3.71. The van der Waals surface area contributed by atoms with Crippen LogP contribution in [0.3, 0.4) is 0 Å². The van der Waals surface area contributed by atoms with Crippen LogP contribution in [-0.4, -0.2) is 0 Å². The first-order valence-corrected chi connectivity index (χ1v) is 5.13. The van der Waals surface area contributed by atoms with Gasteiger partial charge in [-0.15, -0.1) is 0 Å². The molecule has 66 valence electrons. The molecule has 0 N–H and O–H groups in total. The highest BCUT2D eigenvalue weighted by molar-refractivity contribution is 4.79. The summed E-state index contributed by atoms with van der Waals surface area (Å²) < 4.78 is 0. The molecule has 1 saturated carbocycles. The Morgan fingerprint density at radius 2 is 1.45 bits per heavy atom. The molecule has 0 amide bonds. The van der Waals surface area contributed by atoms with E-state index in [1.54, 1.807) is 0 Å². The highest BCUT2D eigenvalue weighted by Gasteiger charge is 2.29. The van der Waals surface area contributed by atoms with Crippen LogP contribution in [-0.2, 0) is 0 Å². The summed E-state index contributed by atoms with van der Waals surface area (Å²) in [6.45, 7) is 9.62. The summed E-state index contributed by atoms with van der Waals surface area (Å²) in [7, 11) is 0. The normalized spacial score (nSPS) is 39.5. The van der Waals surface area contributed by atoms with Gasteiger partial charge in [0.25, 0.3) is 0 Å². The Morgan fingerprint density at radius 1 is 1.00 bits per heavy atom. The highest BCUT2D eigenvalue weighted by atomic mass is 14.3. The second-order valence-electron chi connectivity index (χ2n) is 4.71. The first-order chi connectivity index (χ1) is 5.13. The van der Waals surface area contributed by atoms with Gasteiger partial charge in [-0.2, -0.15) is 0 Å². The first kappa shape index (κ1) is 9.09. The van der Waals surface area contributed by atoms with E-state index in [-0.39, 0.29) is 0 Å². The summed E-state index contributed by atoms with van der Waals surface area (Å²) >= 11 is 0. The third-order valence-corrected chi connectivity index (χ3v) is 3.40. The van der Waals surface area contributed by atoms with Gasteiger partial charge in [0.2, 0.25) is 0 Å². The van der Waals surface area contributed by atoms with Crippen molar-refractivity contribution in [3.63, 3.8) is 0 Å². The molecule has 0 bridgehead atoms. The van der Waals surface area contributed by atoms with Crippen molar-refractivity contribution in [1.82, 2.24) is 0 Å². The Labute approximate surface area is 71.4 Å². The second kappa shape index (κ2) is 3.60. The largest absolute Gasteiger partial charge is 0.0625 e. The van der Waals surface area contributed by atoms with E-state index in [2.05, 4.69) is 27.7 Å². The Kier molecular flexibility index (Phi) is 2.98. The van der Waals surface area contributed by atoms with E-state index in [4.69, 9.17) is 0 Å². The molecule has 0 aromatic heterocycles. The van der Waals surface area contributed by atoms with Crippen molar-refractivity contribution in [2.75, 3.05) is 0 Å². The standard InChI is InChI=1S/C11H22/c1-8(2)11-9(3)6-5-7-10(11)4/h8-11H,5-7H2,1-4H3/t9-,10+,11?. The maximum absolute atomic E-state index is 2.43. The molecule has 0 aromatic rings. The van der Waals surface area contributed by atoms with Crippen LogP contribution in [0.15, 0.2) is 0 Å².